The zero-order valence-electron chi connectivity index (χ0n) is 15.0. The maximum Gasteiger partial charge on any atom is 0.237 e. The zero-order valence-corrected chi connectivity index (χ0v) is 15.0. The molecule has 0 fully saturated rings. The average molecular weight is 364 g/mol. The number of H-pyrrole nitrogens is 1. The van der Waals surface area contributed by atoms with Crippen LogP contribution in [0.3, 0.4) is 0 Å². The maximum atomic E-state index is 12.5. The molecule has 0 bridgehead atoms. The first-order valence-corrected chi connectivity index (χ1v) is 8.77. The lowest BCUT2D eigenvalue weighted by atomic mass is 10.0. The minimum absolute atomic E-state index is 0.176. The first-order valence-electron chi connectivity index (χ1n) is 8.77. The third-order valence-electron chi connectivity index (χ3n) is 4.59. The van der Waals surface area contributed by atoms with Crippen molar-refractivity contribution in [3.8, 4) is 5.75 Å². The molecular formula is C21H24N4O2. The fourth-order valence-electron chi connectivity index (χ4n) is 3.05. The number of phenols is 1. The molecule has 6 heteroatoms. The highest BCUT2D eigenvalue weighted by molar-refractivity contribution is 5.84. The largest absolute Gasteiger partial charge is 0.508 e. The van der Waals surface area contributed by atoms with E-state index in [9.17, 15) is 9.90 Å². The number of hydrogen-bond acceptors (Lipinski definition) is 4. The van der Waals surface area contributed by atoms with Gasteiger partial charge in [0.15, 0.2) is 0 Å². The Labute approximate surface area is 157 Å². The number of rotatable bonds is 7. The summed E-state index contributed by atoms with van der Waals surface area (Å²) in [5.74, 6) is -0.116. The molecule has 0 aliphatic rings. The Morgan fingerprint density at radius 1 is 1.15 bits per heavy atom. The van der Waals surface area contributed by atoms with Gasteiger partial charge in [0.25, 0.3) is 0 Å². The minimum atomic E-state index is -0.723. The topological polar surface area (TPSA) is 117 Å². The van der Waals surface area contributed by atoms with Crippen molar-refractivity contribution < 1.29 is 9.90 Å². The summed E-state index contributed by atoms with van der Waals surface area (Å²) < 4.78 is 0. The van der Waals surface area contributed by atoms with Crippen molar-refractivity contribution in [1.29, 1.82) is 0 Å². The van der Waals surface area contributed by atoms with Crippen LogP contribution >= 0.6 is 0 Å². The Kier molecular flexibility index (Phi) is 5.47. The second kappa shape index (κ2) is 7.97. The predicted molar refractivity (Wildman–Crippen MR) is 107 cm³/mol. The summed E-state index contributed by atoms with van der Waals surface area (Å²) in [5, 5.41) is 13.3. The lowest BCUT2D eigenvalue weighted by Gasteiger charge is -2.21. The first kappa shape index (κ1) is 18.5. The number of amides is 1. The lowest BCUT2D eigenvalue weighted by Crippen LogP contribution is -2.48. The highest BCUT2D eigenvalue weighted by atomic mass is 16.3. The molecule has 0 saturated heterocycles. The maximum absolute atomic E-state index is 12.5. The van der Waals surface area contributed by atoms with E-state index in [0.29, 0.717) is 18.5 Å². The zero-order chi connectivity index (χ0) is 19.4. The van der Waals surface area contributed by atoms with Gasteiger partial charge >= 0.3 is 0 Å². The van der Waals surface area contributed by atoms with Gasteiger partial charge in [-0.3, -0.25) is 4.79 Å². The molecule has 0 radical (unpaired) electrons. The van der Waals surface area contributed by atoms with Gasteiger partial charge in [-0.15, -0.1) is 0 Å². The van der Waals surface area contributed by atoms with Crippen LogP contribution in [0, 0.1) is 0 Å². The van der Waals surface area contributed by atoms with Gasteiger partial charge in [-0.1, -0.05) is 36.9 Å². The number of hydrogen-bond donors (Lipinski definition) is 5. The molecule has 1 heterocycles. The van der Waals surface area contributed by atoms with Crippen LogP contribution in [0.2, 0.25) is 0 Å². The number of aromatic nitrogens is 1. The molecule has 1 aromatic heterocycles. The molecule has 0 aliphatic carbocycles. The molecule has 1 amide bonds. The van der Waals surface area contributed by atoms with E-state index in [-0.39, 0.29) is 11.7 Å². The Morgan fingerprint density at radius 2 is 1.85 bits per heavy atom. The van der Waals surface area contributed by atoms with Crippen LogP contribution in [0.25, 0.3) is 10.9 Å². The summed E-state index contributed by atoms with van der Waals surface area (Å²) >= 11 is 0. The third kappa shape index (κ3) is 4.48. The van der Waals surface area contributed by atoms with E-state index in [0.717, 1.165) is 22.0 Å². The molecule has 7 N–H and O–H groups in total. The summed E-state index contributed by atoms with van der Waals surface area (Å²) in [4.78, 5) is 15.7. The Bertz CT molecular complexity index is 946. The molecule has 0 spiro atoms. The number of nitrogens with two attached hydrogens (primary N) is 2. The third-order valence-corrected chi connectivity index (χ3v) is 4.59. The number of benzene rings is 2. The van der Waals surface area contributed by atoms with Crippen molar-refractivity contribution in [2.75, 3.05) is 0 Å². The van der Waals surface area contributed by atoms with E-state index >= 15 is 0 Å². The fraction of sp³-hybridized carbons (Fsp3) is 0.190. The summed E-state index contributed by atoms with van der Waals surface area (Å²) in [7, 11) is 0. The predicted octanol–water partition coefficient (Wildman–Crippen LogP) is 1.94. The van der Waals surface area contributed by atoms with Crippen molar-refractivity contribution in [2.45, 2.75) is 24.9 Å². The molecule has 3 rings (SSSR count). The smallest absolute Gasteiger partial charge is 0.237 e. The quantitative estimate of drug-likeness (QED) is 0.440. The molecule has 0 saturated carbocycles. The lowest BCUT2D eigenvalue weighted by molar-refractivity contribution is -0.122. The van der Waals surface area contributed by atoms with Crippen LogP contribution < -0.4 is 16.8 Å². The standard InChI is InChI=1S/C21H24N4O2/c1-13(22)20(11-15-12-24-19-5-3-2-4-17(15)19)25-21(27)18(23)10-14-6-8-16(26)9-7-14/h2-9,12,18,20,24,26H,1,10-11,22-23H2,(H,25,27)/t18-,20+/m0/s1. The number of nitrogens with one attached hydrogen (secondary N) is 2. The van der Waals surface area contributed by atoms with E-state index in [1.165, 1.54) is 0 Å². The summed E-state index contributed by atoms with van der Waals surface area (Å²) in [6.45, 7) is 3.81. The summed E-state index contributed by atoms with van der Waals surface area (Å²) in [6.07, 6.45) is 2.81. The van der Waals surface area contributed by atoms with Crippen LogP contribution in [-0.2, 0) is 17.6 Å². The van der Waals surface area contributed by atoms with Gasteiger partial charge in [0.2, 0.25) is 5.91 Å². The van der Waals surface area contributed by atoms with Crippen molar-refractivity contribution in [2.24, 2.45) is 11.5 Å². The van der Waals surface area contributed by atoms with Crippen LogP contribution in [0.1, 0.15) is 11.1 Å². The fourth-order valence-corrected chi connectivity index (χ4v) is 3.05. The van der Waals surface area contributed by atoms with E-state index in [4.69, 9.17) is 11.5 Å². The van der Waals surface area contributed by atoms with Gasteiger partial charge in [0.1, 0.15) is 5.75 Å². The van der Waals surface area contributed by atoms with Gasteiger partial charge in [-0.05, 0) is 35.7 Å². The number of para-hydroxylation sites is 1. The second-order valence-corrected chi connectivity index (χ2v) is 6.68. The van der Waals surface area contributed by atoms with Crippen LogP contribution in [0.15, 0.2) is 67.0 Å². The molecule has 2 aromatic carbocycles. The molecule has 2 atom stereocenters. The van der Waals surface area contributed by atoms with E-state index in [2.05, 4.69) is 16.9 Å². The number of aromatic hydroxyl groups is 1. The van der Waals surface area contributed by atoms with Crippen molar-refractivity contribution in [3.63, 3.8) is 0 Å². The molecule has 0 unspecified atom stereocenters. The Morgan fingerprint density at radius 3 is 2.56 bits per heavy atom. The monoisotopic (exact) mass is 364 g/mol. The molecule has 140 valence electrons. The highest BCUT2D eigenvalue weighted by Gasteiger charge is 2.21. The SMILES string of the molecule is C=C(N)[C@@H](Cc1c[nH]c2ccccc12)NC(=O)[C@@H](N)Cc1ccc(O)cc1. The molecular weight excluding hydrogens is 340 g/mol. The van der Waals surface area contributed by atoms with Crippen molar-refractivity contribution in [1.82, 2.24) is 10.3 Å². The second-order valence-electron chi connectivity index (χ2n) is 6.68. The van der Waals surface area contributed by atoms with Gasteiger partial charge in [-0.25, -0.2) is 0 Å². The van der Waals surface area contributed by atoms with Crippen molar-refractivity contribution >= 4 is 16.8 Å². The normalized spacial score (nSPS) is 13.2. The Hall–Kier alpha value is -3.25. The van der Waals surface area contributed by atoms with Gasteiger partial charge in [-0.2, -0.15) is 0 Å². The van der Waals surface area contributed by atoms with Gasteiger partial charge < -0.3 is 26.9 Å². The number of fused-ring (bicyclic) bond motifs is 1. The minimum Gasteiger partial charge on any atom is -0.508 e. The number of carbonyl (C=O) groups excluding carboxylic acids is 1. The van der Waals surface area contributed by atoms with E-state index < -0.39 is 12.1 Å². The van der Waals surface area contributed by atoms with Crippen LogP contribution in [0.4, 0.5) is 0 Å². The molecule has 3 aromatic rings. The highest BCUT2D eigenvalue weighted by Crippen LogP contribution is 2.20. The number of carbonyl (C=O) groups is 1. The number of phenolic OH excluding ortho intramolecular Hbond substituents is 1. The number of aromatic amines is 1. The summed E-state index contributed by atoms with van der Waals surface area (Å²) in [5.41, 5.74) is 15.3. The van der Waals surface area contributed by atoms with Crippen LogP contribution in [0.5, 0.6) is 5.75 Å². The average Bonchev–Trinajstić information content (AvgIpc) is 3.06. The van der Waals surface area contributed by atoms with Gasteiger partial charge in [0, 0.05) is 29.2 Å². The molecule has 0 aliphatic heterocycles. The molecule has 6 nitrogen and oxygen atoms in total. The van der Waals surface area contributed by atoms with Crippen molar-refractivity contribution in [3.05, 3.63) is 78.1 Å². The van der Waals surface area contributed by atoms with Gasteiger partial charge in [0.05, 0.1) is 12.1 Å². The van der Waals surface area contributed by atoms with E-state index in [1.54, 1.807) is 24.3 Å². The first-order chi connectivity index (χ1) is 12.9. The van der Waals surface area contributed by atoms with Crippen LogP contribution in [-0.4, -0.2) is 28.1 Å². The molecule has 27 heavy (non-hydrogen) atoms. The Balaban J connectivity index is 1.67. The van der Waals surface area contributed by atoms with E-state index in [1.807, 2.05) is 30.5 Å². The summed E-state index contributed by atoms with van der Waals surface area (Å²) in [6, 6.07) is 13.4.